The highest BCUT2D eigenvalue weighted by Crippen LogP contribution is 2.29. The molecule has 1 aliphatic rings. The fraction of sp³-hybridized carbons (Fsp3) is 0.222. The number of benzene rings is 2. The molecule has 0 saturated carbocycles. The summed E-state index contributed by atoms with van der Waals surface area (Å²) in [6, 6.07) is 11.7. The molecule has 0 spiro atoms. The van der Waals surface area contributed by atoms with Gasteiger partial charge in [-0.25, -0.2) is 0 Å². The number of amides is 2. The summed E-state index contributed by atoms with van der Waals surface area (Å²) < 4.78 is 37.6. The van der Waals surface area contributed by atoms with Gasteiger partial charge in [0.1, 0.15) is 0 Å². The lowest BCUT2D eigenvalue weighted by Gasteiger charge is -2.28. The lowest BCUT2D eigenvalue weighted by Crippen LogP contribution is -2.42. The van der Waals surface area contributed by atoms with E-state index in [4.69, 9.17) is 0 Å². The van der Waals surface area contributed by atoms with Gasteiger partial charge >= 0.3 is 18.0 Å². The lowest BCUT2D eigenvalue weighted by molar-refractivity contribution is -0.143. The first-order valence-electron chi connectivity index (χ1n) is 7.69. The summed E-state index contributed by atoms with van der Waals surface area (Å²) >= 11 is 0. The van der Waals surface area contributed by atoms with Crippen molar-refractivity contribution >= 4 is 17.5 Å². The number of fused-ring (bicyclic) bond motifs is 1. The molecule has 0 saturated heterocycles. The van der Waals surface area contributed by atoms with Gasteiger partial charge in [0.25, 0.3) is 0 Å². The average molecular weight is 348 g/mol. The maximum atomic E-state index is 12.5. The molecule has 3 rings (SSSR count). The Morgan fingerprint density at radius 1 is 0.960 bits per heavy atom. The number of rotatable bonds is 1. The van der Waals surface area contributed by atoms with E-state index in [0.29, 0.717) is 19.5 Å². The van der Waals surface area contributed by atoms with Crippen LogP contribution in [0.1, 0.15) is 16.7 Å². The van der Waals surface area contributed by atoms with E-state index >= 15 is 0 Å². The second kappa shape index (κ2) is 6.58. The molecule has 1 heterocycles. The third kappa shape index (κ3) is 3.81. The van der Waals surface area contributed by atoms with E-state index in [-0.39, 0.29) is 5.69 Å². The quantitative estimate of drug-likeness (QED) is 0.805. The maximum Gasteiger partial charge on any atom is 0.416 e. The summed E-state index contributed by atoms with van der Waals surface area (Å²) in [5.41, 5.74) is 1.47. The molecule has 130 valence electrons. The Morgan fingerprint density at radius 2 is 1.60 bits per heavy atom. The Labute approximate surface area is 142 Å². The SMILES string of the molecule is O=C(Nc1ccc(C(F)(F)F)cc1)C(=O)N1CCc2ccccc2C1. The molecule has 2 aromatic rings. The molecule has 7 heteroatoms. The second-order valence-electron chi connectivity index (χ2n) is 5.77. The minimum Gasteiger partial charge on any atom is -0.330 e. The molecule has 0 aromatic heterocycles. The highest BCUT2D eigenvalue weighted by molar-refractivity contribution is 6.39. The van der Waals surface area contributed by atoms with Gasteiger partial charge in [-0.1, -0.05) is 24.3 Å². The monoisotopic (exact) mass is 348 g/mol. The number of carbonyl (C=O) groups excluding carboxylic acids is 2. The normalized spacial score (nSPS) is 14.0. The summed E-state index contributed by atoms with van der Waals surface area (Å²) in [5.74, 6) is -1.56. The Hall–Kier alpha value is -2.83. The Bertz CT molecular complexity index is 801. The van der Waals surface area contributed by atoms with Gasteiger partial charge in [0.05, 0.1) is 5.56 Å². The summed E-state index contributed by atoms with van der Waals surface area (Å²) in [7, 11) is 0. The molecule has 2 aromatic carbocycles. The van der Waals surface area contributed by atoms with Crippen LogP contribution >= 0.6 is 0 Å². The van der Waals surface area contributed by atoms with E-state index < -0.39 is 23.6 Å². The van der Waals surface area contributed by atoms with Crippen LogP contribution in [0.15, 0.2) is 48.5 Å². The first-order valence-corrected chi connectivity index (χ1v) is 7.69. The van der Waals surface area contributed by atoms with Gasteiger partial charge in [0.2, 0.25) is 0 Å². The first-order chi connectivity index (χ1) is 11.8. The largest absolute Gasteiger partial charge is 0.416 e. The van der Waals surface area contributed by atoms with Gasteiger partial charge in [-0.3, -0.25) is 9.59 Å². The summed E-state index contributed by atoms with van der Waals surface area (Å²) in [4.78, 5) is 25.8. The van der Waals surface area contributed by atoms with Crippen LogP contribution in [0.25, 0.3) is 0 Å². The van der Waals surface area contributed by atoms with E-state index in [2.05, 4.69) is 5.32 Å². The molecular formula is C18H15F3N2O2. The zero-order valence-corrected chi connectivity index (χ0v) is 13.1. The number of nitrogens with one attached hydrogen (secondary N) is 1. The number of halogens is 3. The van der Waals surface area contributed by atoms with Crippen molar-refractivity contribution in [3.63, 3.8) is 0 Å². The fourth-order valence-electron chi connectivity index (χ4n) is 2.74. The van der Waals surface area contributed by atoms with E-state index in [0.717, 1.165) is 35.4 Å². The van der Waals surface area contributed by atoms with E-state index in [1.165, 1.54) is 4.90 Å². The van der Waals surface area contributed by atoms with Crippen molar-refractivity contribution in [1.82, 2.24) is 4.90 Å². The predicted molar refractivity (Wildman–Crippen MR) is 85.6 cm³/mol. The maximum absolute atomic E-state index is 12.5. The second-order valence-corrected chi connectivity index (χ2v) is 5.77. The smallest absolute Gasteiger partial charge is 0.330 e. The van der Waals surface area contributed by atoms with Crippen LogP contribution in [-0.4, -0.2) is 23.3 Å². The van der Waals surface area contributed by atoms with Gasteiger partial charge < -0.3 is 10.2 Å². The minimum atomic E-state index is -4.44. The molecule has 0 radical (unpaired) electrons. The minimum absolute atomic E-state index is 0.142. The van der Waals surface area contributed by atoms with Gasteiger partial charge in [-0.15, -0.1) is 0 Å². The highest BCUT2D eigenvalue weighted by atomic mass is 19.4. The lowest BCUT2D eigenvalue weighted by atomic mass is 10.00. The van der Waals surface area contributed by atoms with E-state index in [1.807, 2.05) is 24.3 Å². The van der Waals surface area contributed by atoms with Crippen molar-refractivity contribution < 1.29 is 22.8 Å². The zero-order chi connectivity index (χ0) is 18.0. The van der Waals surface area contributed by atoms with Crippen LogP contribution in [0.5, 0.6) is 0 Å². The molecule has 25 heavy (non-hydrogen) atoms. The van der Waals surface area contributed by atoms with Gasteiger partial charge in [-0.05, 0) is 41.8 Å². The van der Waals surface area contributed by atoms with Crippen LogP contribution in [0, 0.1) is 0 Å². The molecular weight excluding hydrogens is 333 g/mol. The third-order valence-electron chi connectivity index (χ3n) is 4.08. The molecule has 0 fully saturated rings. The van der Waals surface area contributed by atoms with Gasteiger partial charge in [0.15, 0.2) is 0 Å². The highest BCUT2D eigenvalue weighted by Gasteiger charge is 2.30. The van der Waals surface area contributed by atoms with Crippen LogP contribution in [0.3, 0.4) is 0 Å². The van der Waals surface area contributed by atoms with E-state index in [1.54, 1.807) is 0 Å². The van der Waals surface area contributed by atoms with Crippen LogP contribution in [0.4, 0.5) is 18.9 Å². The summed E-state index contributed by atoms with van der Waals surface area (Å²) in [6.45, 7) is 0.770. The molecule has 0 unspecified atom stereocenters. The van der Waals surface area contributed by atoms with Crippen LogP contribution in [-0.2, 0) is 28.7 Å². The van der Waals surface area contributed by atoms with Crippen molar-refractivity contribution in [3.05, 3.63) is 65.2 Å². The van der Waals surface area contributed by atoms with Crippen molar-refractivity contribution in [3.8, 4) is 0 Å². The van der Waals surface area contributed by atoms with E-state index in [9.17, 15) is 22.8 Å². The number of hydrogen-bond donors (Lipinski definition) is 1. The Kier molecular flexibility index (Phi) is 4.48. The molecule has 1 N–H and O–H groups in total. The summed E-state index contributed by atoms with van der Waals surface area (Å²) in [6.07, 6.45) is -3.78. The number of hydrogen-bond acceptors (Lipinski definition) is 2. The molecule has 1 aliphatic heterocycles. The number of nitrogens with zero attached hydrogens (tertiary/aromatic N) is 1. The predicted octanol–water partition coefficient (Wildman–Crippen LogP) is 3.23. The first kappa shape index (κ1) is 17.0. The Morgan fingerprint density at radius 3 is 2.24 bits per heavy atom. The number of anilines is 1. The van der Waals surface area contributed by atoms with Gasteiger partial charge in [0, 0.05) is 18.8 Å². The zero-order valence-electron chi connectivity index (χ0n) is 13.1. The van der Waals surface area contributed by atoms with Crippen molar-refractivity contribution in [2.45, 2.75) is 19.1 Å². The van der Waals surface area contributed by atoms with Gasteiger partial charge in [-0.2, -0.15) is 13.2 Å². The molecule has 4 nitrogen and oxygen atoms in total. The topological polar surface area (TPSA) is 49.4 Å². The molecule has 2 amide bonds. The van der Waals surface area contributed by atoms with Crippen molar-refractivity contribution in [2.24, 2.45) is 0 Å². The Balaban J connectivity index is 1.65. The van der Waals surface area contributed by atoms with Crippen LogP contribution < -0.4 is 5.32 Å². The van der Waals surface area contributed by atoms with Crippen molar-refractivity contribution in [1.29, 1.82) is 0 Å². The molecule has 0 aliphatic carbocycles. The number of alkyl halides is 3. The molecule has 0 bridgehead atoms. The standard InChI is InChI=1S/C18H15F3N2O2/c19-18(20,21)14-5-7-15(8-6-14)22-16(24)17(25)23-10-9-12-3-1-2-4-13(12)11-23/h1-8H,9-11H2,(H,22,24). The summed E-state index contributed by atoms with van der Waals surface area (Å²) in [5, 5.41) is 2.34. The van der Waals surface area contributed by atoms with Crippen LogP contribution in [0.2, 0.25) is 0 Å². The number of carbonyl (C=O) groups is 2. The fourth-order valence-corrected chi connectivity index (χ4v) is 2.74. The average Bonchev–Trinajstić information content (AvgIpc) is 2.60. The van der Waals surface area contributed by atoms with Crippen molar-refractivity contribution in [2.75, 3.05) is 11.9 Å². The molecule has 0 atom stereocenters. The third-order valence-corrected chi connectivity index (χ3v) is 4.08.